The van der Waals surface area contributed by atoms with Crippen molar-refractivity contribution in [3.63, 3.8) is 0 Å². The van der Waals surface area contributed by atoms with Gasteiger partial charge in [0.05, 0.1) is 22.4 Å². The number of thioether (sulfide) groups is 1. The number of halogens is 4. The number of hydrogen-bond acceptors (Lipinski definition) is 4. The van der Waals surface area contributed by atoms with Crippen molar-refractivity contribution in [3.05, 3.63) is 27.3 Å². The van der Waals surface area contributed by atoms with E-state index in [1.807, 2.05) is 0 Å². The third kappa shape index (κ3) is 2.63. The van der Waals surface area contributed by atoms with Gasteiger partial charge in [-0.15, -0.1) is 0 Å². The summed E-state index contributed by atoms with van der Waals surface area (Å²) in [6.07, 6.45) is -5.16. The molecule has 0 unspecified atom stereocenters. The standard InChI is InChI=1S/C9H3F4N3OS/c10-6-5(9(11,12)13)4(3-15)8(16-7(6)17)18-2-1-14/h2H2,(H,16,17). The SMILES string of the molecule is N#CCSc1[nH]c(=O)c(F)c(C(F)(F)F)c1C#N. The molecule has 18 heavy (non-hydrogen) atoms. The van der Waals surface area contributed by atoms with Crippen LogP contribution in [-0.2, 0) is 6.18 Å². The molecule has 0 aliphatic rings. The molecular weight excluding hydrogens is 274 g/mol. The lowest BCUT2D eigenvalue weighted by atomic mass is 10.1. The van der Waals surface area contributed by atoms with Gasteiger partial charge in [0, 0.05) is 0 Å². The van der Waals surface area contributed by atoms with Crippen LogP contribution >= 0.6 is 11.8 Å². The molecule has 1 rings (SSSR count). The molecule has 0 aliphatic carbocycles. The molecule has 1 heterocycles. The minimum atomic E-state index is -5.16. The average molecular weight is 277 g/mol. The smallest absolute Gasteiger partial charge is 0.313 e. The highest BCUT2D eigenvalue weighted by Gasteiger charge is 2.40. The van der Waals surface area contributed by atoms with Gasteiger partial charge >= 0.3 is 6.18 Å². The van der Waals surface area contributed by atoms with Crippen LogP contribution in [0.5, 0.6) is 0 Å². The zero-order chi connectivity index (χ0) is 13.9. The molecule has 1 N–H and O–H groups in total. The fourth-order valence-corrected chi connectivity index (χ4v) is 1.81. The fourth-order valence-electron chi connectivity index (χ4n) is 1.14. The maximum atomic E-state index is 13.2. The molecule has 9 heteroatoms. The maximum Gasteiger partial charge on any atom is 0.420 e. The predicted octanol–water partition coefficient (Wildman–Crippen LogP) is 2.02. The molecule has 0 aliphatic heterocycles. The van der Waals surface area contributed by atoms with Gasteiger partial charge in [0.15, 0.2) is 0 Å². The van der Waals surface area contributed by atoms with Crippen LogP contribution in [0.4, 0.5) is 17.6 Å². The summed E-state index contributed by atoms with van der Waals surface area (Å²) >= 11 is 0.519. The largest absolute Gasteiger partial charge is 0.420 e. The first-order chi connectivity index (χ1) is 8.32. The highest BCUT2D eigenvalue weighted by molar-refractivity contribution is 7.99. The van der Waals surface area contributed by atoms with Crippen molar-refractivity contribution in [1.82, 2.24) is 4.98 Å². The molecular formula is C9H3F4N3OS. The van der Waals surface area contributed by atoms with Crippen molar-refractivity contribution in [2.45, 2.75) is 11.2 Å². The van der Waals surface area contributed by atoms with Gasteiger partial charge in [-0.1, -0.05) is 11.8 Å². The van der Waals surface area contributed by atoms with E-state index >= 15 is 0 Å². The lowest BCUT2D eigenvalue weighted by Crippen LogP contribution is -2.22. The lowest BCUT2D eigenvalue weighted by Gasteiger charge is -2.11. The third-order valence-corrected chi connectivity index (χ3v) is 2.67. The number of nitrogens with one attached hydrogen (secondary N) is 1. The van der Waals surface area contributed by atoms with Crippen LogP contribution < -0.4 is 5.56 Å². The van der Waals surface area contributed by atoms with Crippen LogP contribution in [-0.4, -0.2) is 10.7 Å². The number of H-pyrrole nitrogens is 1. The van der Waals surface area contributed by atoms with E-state index in [1.165, 1.54) is 6.07 Å². The van der Waals surface area contributed by atoms with Crippen LogP contribution in [0.3, 0.4) is 0 Å². The van der Waals surface area contributed by atoms with E-state index in [9.17, 15) is 22.4 Å². The number of hydrogen-bond donors (Lipinski definition) is 1. The van der Waals surface area contributed by atoms with E-state index in [1.54, 1.807) is 11.1 Å². The Morgan fingerprint density at radius 2 is 1.94 bits per heavy atom. The van der Waals surface area contributed by atoms with E-state index in [4.69, 9.17) is 10.5 Å². The van der Waals surface area contributed by atoms with Gasteiger partial charge in [0.1, 0.15) is 11.6 Å². The maximum absolute atomic E-state index is 13.2. The summed E-state index contributed by atoms with van der Waals surface area (Å²) < 4.78 is 50.8. The molecule has 1 aromatic heterocycles. The first-order valence-electron chi connectivity index (χ1n) is 4.25. The van der Waals surface area contributed by atoms with Crippen molar-refractivity contribution in [2.75, 3.05) is 5.75 Å². The summed E-state index contributed by atoms with van der Waals surface area (Å²) in [5.41, 5.74) is -4.52. The molecule has 0 fully saturated rings. The molecule has 1 aromatic rings. The summed E-state index contributed by atoms with van der Waals surface area (Å²) in [6, 6.07) is 2.80. The van der Waals surface area contributed by atoms with Crippen molar-refractivity contribution in [1.29, 1.82) is 10.5 Å². The van der Waals surface area contributed by atoms with Crippen molar-refractivity contribution < 1.29 is 17.6 Å². The Hall–Kier alpha value is -2.00. The van der Waals surface area contributed by atoms with E-state index in [0.29, 0.717) is 11.8 Å². The summed E-state index contributed by atoms with van der Waals surface area (Å²) in [5.74, 6) is -2.34. The number of pyridine rings is 1. The monoisotopic (exact) mass is 277 g/mol. The molecule has 0 saturated carbocycles. The van der Waals surface area contributed by atoms with Crippen LogP contribution in [0.25, 0.3) is 0 Å². The Kier molecular flexibility index (Phi) is 3.99. The number of nitriles is 2. The molecule has 0 atom stereocenters. The molecule has 0 amide bonds. The summed E-state index contributed by atoms with van der Waals surface area (Å²) in [4.78, 5) is 12.8. The van der Waals surface area contributed by atoms with Gasteiger partial charge in [-0.3, -0.25) is 4.79 Å². The van der Waals surface area contributed by atoms with E-state index in [2.05, 4.69) is 0 Å². The third-order valence-electron chi connectivity index (χ3n) is 1.80. The Morgan fingerprint density at radius 1 is 1.33 bits per heavy atom. The Morgan fingerprint density at radius 3 is 2.39 bits per heavy atom. The first-order valence-corrected chi connectivity index (χ1v) is 5.24. The minimum Gasteiger partial charge on any atom is -0.313 e. The molecule has 0 spiro atoms. The second-order valence-corrected chi connectivity index (χ2v) is 3.89. The summed E-state index contributed by atoms with van der Waals surface area (Å²) in [5, 5.41) is 16.5. The highest BCUT2D eigenvalue weighted by Crippen LogP contribution is 2.35. The van der Waals surface area contributed by atoms with Crippen LogP contribution in [0.15, 0.2) is 9.82 Å². The number of nitrogens with zero attached hydrogens (tertiary/aromatic N) is 2. The van der Waals surface area contributed by atoms with Gasteiger partial charge in [-0.05, 0) is 0 Å². The van der Waals surface area contributed by atoms with Gasteiger partial charge in [0.25, 0.3) is 5.56 Å². The molecule has 0 saturated heterocycles. The zero-order valence-corrected chi connectivity index (χ0v) is 9.25. The van der Waals surface area contributed by atoms with Gasteiger partial charge in [-0.2, -0.15) is 23.7 Å². The van der Waals surface area contributed by atoms with E-state index < -0.39 is 33.7 Å². The van der Waals surface area contributed by atoms with Crippen molar-refractivity contribution in [3.8, 4) is 12.1 Å². The van der Waals surface area contributed by atoms with Gasteiger partial charge in [0.2, 0.25) is 5.82 Å². The zero-order valence-electron chi connectivity index (χ0n) is 8.43. The number of aromatic nitrogens is 1. The summed E-state index contributed by atoms with van der Waals surface area (Å²) in [6.45, 7) is 0. The number of alkyl halides is 3. The second kappa shape index (κ2) is 5.10. The second-order valence-electron chi connectivity index (χ2n) is 2.90. The summed E-state index contributed by atoms with van der Waals surface area (Å²) in [7, 11) is 0. The molecule has 94 valence electrons. The molecule has 0 aromatic carbocycles. The quantitative estimate of drug-likeness (QED) is 0.662. The van der Waals surface area contributed by atoms with Crippen LogP contribution in [0, 0.1) is 28.5 Å². The van der Waals surface area contributed by atoms with Crippen molar-refractivity contribution >= 4 is 11.8 Å². The lowest BCUT2D eigenvalue weighted by molar-refractivity contribution is -0.140. The molecule has 4 nitrogen and oxygen atoms in total. The number of aromatic amines is 1. The van der Waals surface area contributed by atoms with Gasteiger partial charge < -0.3 is 4.98 Å². The Balaban J connectivity index is 3.60. The Labute approximate surface area is 102 Å². The number of rotatable bonds is 2. The van der Waals surface area contributed by atoms with Crippen LogP contribution in [0.1, 0.15) is 11.1 Å². The highest BCUT2D eigenvalue weighted by atomic mass is 32.2. The fraction of sp³-hybridized carbons (Fsp3) is 0.222. The topological polar surface area (TPSA) is 80.4 Å². The Bertz CT molecular complexity index is 608. The van der Waals surface area contributed by atoms with Crippen LogP contribution in [0.2, 0.25) is 0 Å². The minimum absolute atomic E-state index is 0.284. The van der Waals surface area contributed by atoms with E-state index in [-0.39, 0.29) is 5.75 Å². The van der Waals surface area contributed by atoms with E-state index in [0.717, 1.165) is 0 Å². The molecule has 0 bridgehead atoms. The predicted molar refractivity (Wildman–Crippen MR) is 53.1 cm³/mol. The van der Waals surface area contributed by atoms with Crippen molar-refractivity contribution in [2.24, 2.45) is 0 Å². The van der Waals surface area contributed by atoms with Gasteiger partial charge in [-0.25, -0.2) is 4.39 Å². The first kappa shape index (κ1) is 14.1. The normalized spacial score (nSPS) is 10.8. The molecule has 0 radical (unpaired) electrons. The average Bonchev–Trinajstić information content (AvgIpc) is 2.28.